The molecular formula is C22H31IN6O. The lowest BCUT2D eigenvalue weighted by atomic mass is 10.2. The summed E-state index contributed by atoms with van der Waals surface area (Å²) in [4.78, 5) is 11.5. The number of rotatable bonds is 7. The number of aryl methyl sites for hydroxylation is 1. The van der Waals surface area contributed by atoms with Crippen LogP contribution in [0.5, 0.6) is 0 Å². The maximum absolute atomic E-state index is 5.71. The maximum Gasteiger partial charge on any atom is 0.191 e. The van der Waals surface area contributed by atoms with E-state index in [1.807, 2.05) is 19.2 Å². The van der Waals surface area contributed by atoms with Crippen molar-refractivity contribution in [3.05, 3.63) is 54.2 Å². The van der Waals surface area contributed by atoms with Crippen LogP contribution in [-0.4, -0.2) is 53.6 Å². The van der Waals surface area contributed by atoms with Crippen molar-refractivity contribution in [3.8, 4) is 0 Å². The summed E-state index contributed by atoms with van der Waals surface area (Å²) < 4.78 is 7.95. The number of halogens is 1. The van der Waals surface area contributed by atoms with Gasteiger partial charge in [0, 0.05) is 26.7 Å². The van der Waals surface area contributed by atoms with Gasteiger partial charge in [-0.15, -0.1) is 24.0 Å². The Morgan fingerprint density at radius 3 is 2.70 bits per heavy atom. The van der Waals surface area contributed by atoms with Crippen molar-refractivity contribution in [2.45, 2.75) is 32.4 Å². The van der Waals surface area contributed by atoms with Gasteiger partial charge >= 0.3 is 0 Å². The second-order valence-corrected chi connectivity index (χ2v) is 7.45. The number of hydrogen-bond acceptors (Lipinski definition) is 4. The summed E-state index contributed by atoms with van der Waals surface area (Å²) in [6.07, 6.45) is 4.26. The van der Waals surface area contributed by atoms with Crippen molar-refractivity contribution >= 4 is 41.0 Å². The highest BCUT2D eigenvalue weighted by molar-refractivity contribution is 14.0. The average molecular weight is 522 g/mol. The van der Waals surface area contributed by atoms with Crippen LogP contribution in [0, 0.1) is 6.92 Å². The first kappa shape index (κ1) is 22.6. The van der Waals surface area contributed by atoms with Gasteiger partial charge in [-0.05, 0) is 57.1 Å². The third kappa shape index (κ3) is 5.15. The molecule has 3 aromatic rings. The van der Waals surface area contributed by atoms with Crippen molar-refractivity contribution in [2.24, 2.45) is 4.99 Å². The Hall–Kier alpha value is -2.07. The van der Waals surface area contributed by atoms with Gasteiger partial charge in [0.05, 0.1) is 23.3 Å². The summed E-state index contributed by atoms with van der Waals surface area (Å²) in [5.74, 6) is 2.85. The molecule has 1 fully saturated rings. The number of nitrogens with zero attached hydrogens (tertiary/aromatic N) is 4. The van der Waals surface area contributed by atoms with Gasteiger partial charge in [0.1, 0.15) is 11.6 Å². The third-order valence-corrected chi connectivity index (χ3v) is 5.61. The minimum Gasteiger partial charge on any atom is -0.468 e. The van der Waals surface area contributed by atoms with Crippen molar-refractivity contribution in [1.29, 1.82) is 0 Å². The molecule has 2 N–H and O–H groups in total. The van der Waals surface area contributed by atoms with E-state index in [9.17, 15) is 0 Å². The molecule has 1 saturated heterocycles. The van der Waals surface area contributed by atoms with E-state index < -0.39 is 0 Å². The maximum atomic E-state index is 5.71. The minimum absolute atomic E-state index is 0. The number of hydrogen-bond donors (Lipinski definition) is 2. The van der Waals surface area contributed by atoms with Crippen molar-refractivity contribution < 1.29 is 4.42 Å². The second kappa shape index (κ2) is 10.8. The largest absolute Gasteiger partial charge is 0.468 e. The molecule has 1 atom stereocenters. The van der Waals surface area contributed by atoms with E-state index in [1.54, 1.807) is 6.26 Å². The predicted octanol–water partition coefficient (Wildman–Crippen LogP) is 3.56. The topological polar surface area (TPSA) is 70.6 Å². The first-order chi connectivity index (χ1) is 14.3. The first-order valence-electron chi connectivity index (χ1n) is 10.4. The van der Waals surface area contributed by atoms with Crippen LogP contribution in [0.3, 0.4) is 0 Å². The Labute approximate surface area is 195 Å². The summed E-state index contributed by atoms with van der Waals surface area (Å²) in [6, 6.07) is 12.5. The lowest BCUT2D eigenvalue weighted by molar-refractivity contribution is 0.215. The molecule has 1 aliphatic heterocycles. The van der Waals surface area contributed by atoms with E-state index in [2.05, 4.69) is 61.3 Å². The van der Waals surface area contributed by atoms with Gasteiger partial charge in [-0.3, -0.25) is 9.89 Å². The molecule has 1 aliphatic rings. The van der Waals surface area contributed by atoms with E-state index >= 15 is 0 Å². The molecule has 0 saturated carbocycles. The number of aromatic nitrogens is 2. The Bertz CT molecular complexity index is 946. The van der Waals surface area contributed by atoms with Crippen LogP contribution in [0.2, 0.25) is 0 Å². The summed E-state index contributed by atoms with van der Waals surface area (Å²) >= 11 is 0. The monoisotopic (exact) mass is 522 g/mol. The Morgan fingerprint density at radius 2 is 1.97 bits per heavy atom. The number of imidazole rings is 1. The number of guanidine groups is 1. The van der Waals surface area contributed by atoms with Gasteiger partial charge in [0.15, 0.2) is 5.96 Å². The second-order valence-electron chi connectivity index (χ2n) is 7.45. The molecule has 2 aromatic heterocycles. The molecule has 8 heteroatoms. The molecule has 1 unspecified atom stereocenters. The molecule has 0 bridgehead atoms. The van der Waals surface area contributed by atoms with E-state index in [4.69, 9.17) is 4.42 Å². The SMILES string of the molecule is CN=C(NCCn1c(C)nc2ccccc21)NCC(c1ccco1)N1CCCC1.I. The van der Waals surface area contributed by atoms with E-state index in [0.717, 1.165) is 55.8 Å². The Morgan fingerprint density at radius 1 is 1.17 bits per heavy atom. The minimum atomic E-state index is 0. The van der Waals surface area contributed by atoms with Crippen LogP contribution >= 0.6 is 24.0 Å². The van der Waals surface area contributed by atoms with E-state index in [0.29, 0.717) is 0 Å². The number of para-hydroxylation sites is 2. The van der Waals surface area contributed by atoms with Crippen molar-refractivity contribution in [1.82, 2.24) is 25.1 Å². The molecule has 7 nitrogen and oxygen atoms in total. The number of nitrogens with one attached hydrogen (secondary N) is 2. The standard InChI is InChI=1S/C22H30N6O.HI/c1-17-26-18-8-3-4-9-19(18)28(17)14-11-24-22(23-2)25-16-20(21-10-7-15-29-21)27-12-5-6-13-27;/h3-4,7-10,15,20H,5-6,11-14,16H2,1-2H3,(H2,23,24,25);1H. The van der Waals surface area contributed by atoms with Gasteiger partial charge < -0.3 is 19.6 Å². The lowest BCUT2D eigenvalue weighted by Gasteiger charge is -2.26. The van der Waals surface area contributed by atoms with Gasteiger partial charge in [-0.1, -0.05) is 12.1 Å². The predicted molar refractivity (Wildman–Crippen MR) is 132 cm³/mol. The number of fused-ring (bicyclic) bond motifs is 1. The van der Waals surface area contributed by atoms with Crippen LogP contribution in [0.1, 0.15) is 30.5 Å². The first-order valence-corrected chi connectivity index (χ1v) is 10.4. The van der Waals surface area contributed by atoms with Crippen molar-refractivity contribution in [2.75, 3.05) is 33.2 Å². The summed E-state index contributed by atoms with van der Waals surface area (Å²) in [7, 11) is 1.81. The van der Waals surface area contributed by atoms with Crippen LogP contribution in [0.4, 0.5) is 0 Å². The van der Waals surface area contributed by atoms with Gasteiger partial charge in [-0.2, -0.15) is 0 Å². The quantitative estimate of drug-likeness (QED) is 0.282. The highest BCUT2D eigenvalue weighted by Gasteiger charge is 2.25. The molecule has 162 valence electrons. The number of benzene rings is 1. The zero-order valence-corrected chi connectivity index (χ0v) is 20.0. The Kier molecular flexibility index (Phi) is 8.15. The highest BCUT2D eigenvalue weighted by atomic mass is 127. The fraction of sp³-hybridized carbons (Fsp3) is 0.455. The van der Waals surface area contributed by atoms with Crippen LogP contribution in [0.25, 0.3) is 11.0 Å². The number of furan rings is 1. The van der Waals surface area contributed by atoms with Gasteiger partial charge in [0.25, 0.3) is 0 Å². The lowest BCUT2D eigenvalue weighted by Crippen LogP contribution is -2.43. The molecule has 30 heavy (non-hydrogen) atoms. The highest BCUT2D eigenvalue weighted by Crippen LogP contribution is 2.24. The molecule has 0 spiro atoms. The number of aliphatic imine (C=N–C) groups is 1. The normalized spacial score (nSPS) is 15.9. The molecular weight excluding hydrogens is 491 g/mol. The van der Waals surface area contributed by atoms with Crippen molar-refractivity contribution in [3.63, 3.8) is 0 Å². The van der Waals surface area contributed by atoms with Crippen LogP contribution in [-0.2, 0) is 6.54 Å². The smallest absolute Gasteiger partial charge is 0.191 e. The molecule has 1 aromatic carbocycles. The molecule has 0 aliphatic carbocycles. The van der Waals surface area contributed by atoms with Crippen LogP contribution < -0.4 is 10.6 Å². The van der Waals surface area contributed by atoms with Gasteiger partial charge in [0.2, 0.25) is 0 Å². The zero-order valence-electron chi connectivity index (χ0n) is 17.7. The third-order valence-electron chi connectivity index (χ3n) is 5.61. The zero-order chi connectivity index (χ0) is 20.1. The number of likely N-dealkylation sites (tertiary alicyclic amines) is 1. The molecule has 0 radical (unpaired) electrons. The van der Waals surface area contributed by atoms with Gasteiger partial charge in [-0.25, -0.2) is 4.98 Å². The Balaban J connectivity index is 0.00000256. The fourth-order valence-corrected chi connectivity index (χ4v) is 4.12. The summed E-state index contributed by atoms with van der Waals surface area (Å²) in [5, 5.41) is 6.91. The summed E-state index contributed by atoms with van der Waals surface area (Å²) in [6.45, 7) is 6.66. The van der Waals surface area contributed by atoms with E-state index in [-0.39, 0.29) is 30.0 Å². The molecule has 3 heterocycles. The molecule has 4 rings (SSSR count). The average Bonchev–Trinajstić information content (AvgIpc) is 3.49. The van der Waals surface area contributed by atoms with E-state index in [1.165, 1.54) is 18.4 Å². The van der Waals surface area contributed by atoms with Crippen LogP contribution in [0.15, 0.2) is 52.1 Å². The fourth-order valence-electron chi connectivity index (χ4n) is 4.12. The molecule has 0 amide bonds. The summed E-state index contributed by atoms with van der Waals surface area (Å²) in [5.41, 5.74) is 2.21.